The molecule has 2 bridgehead atoms. The Balaban J connectivity index is 1.97. The zero-order chi connectivity index (χ0) is 19.7. The molecular formula is C21H13NO6. The molecular weight excluding hydrogens is 362 g/mol. The molecule has 1 aliphatic heterocycles. The number of nitro groups is 1. The summed E-state index contributed by atoms with van der Waals surface area (Å²) in [6.07, 6.45) is 0. The lowest BCUT2D eigenvalue weighted by Crippen LogP contribution is -2.14. The summed E-state index contributed by atoms with van der Waals surface area (Å²) in [5.74, 6) is -0.403. The minimum absolute atomic E-state index is 0.0348. The van der Waals surface area contributed by atoms with E-state index in [1.807, 2.05) is 0 Å². The number of hydrogen-bond donors (Lipinski definition) is 0. The van der Waals surface area contributed by atoms with Crippen molar-refractivity contribution in [2.24, 2.45) is 0 Å². The van der Waals surface area contributed by atoms with Crippen LogP contribution in [0.4, 0.5) is 5.69 Å². The molecule has 0 amide bonds. The zero-order valence-electron chi connectivity index (χ0n) is 14.5. The number of ether oxygens (including phenoxy) is 2. The second kappa shape index (κ2) is 6.96. The van der Waals surface area contributed by atoms with Gasteiger partial charge in [-0.15, -0.1) is 0 Å². The fourth-order valence-electron chi connectivity index (χ4n) is 3.01. The number of nitro benzene ring substituents is 1. The summed E-state index contributed by atoms with van der Waals surface area (Å²) in [6.45, 7) is -0.206. The molecule has 138 valence electrons. The van der Waals surface area contributed by atoms with E-state index in [2.05, 4.69) is 0 Å². The lowest BCUT2D eigenvalue weighted by Gasteiger charge is -2.15. The van der Waals surface area contributed by atoms with Crippen molar-refractivity contribution in [3.05, 3.63) is 99.1 Å². The molecule has 7 heteroatoms. The Labute approximate surface area is 159 Å². The van der Waals surface area contributed by atoms with E-state index < -0.39 is 16.5 Å². The third kappa shape index (κ3) is 3.09. The molecule has 0 N–H and O–H groups in total. The van der Waals surface area contributed by atoms with Crippen LogP contribution < -0.4 is 9.47 Å². The van der Waals surface area contributed by atoms with Crippen LogP contribution in [-0.2, 0) is 0 Å². The summed E-state index contributed by atoms with van der Waals surface area (Å²) in [4.78, 5) is 36.7. The molecule has 4 rings (SSSR count). The van der Waals surface area contributed by atoms with E-state index in [4.69, 9.17) is 9.47 Å². The lowest BCUT2D eigenvalue weighted by molar-refractivity contribution is -0.384. The Morgan fingerprint density at radius 2 is 1.21 bits per heavy atom. The number of carbonyl (C=O) groups is 2. The third-order valence-electron chi connectivity index (χ3n) is 4.35. The number of para-hydroxylation sites is 2. The maximum absolute atomic E-state index is 13.0. The van der Waals surface area contributed by atoms with Crippen LogP contribution >= 0.6 is 0 Å². The van der Waals surface area contributed by atoms with Crippen LogP contribution in [0, 0.1) is 10.1 Å². The SMILES string of the molecule is O=C1c2cc(cc([N+](=O)[O-])c2)C(=O)c2ccccc2OCOc2ccccc21. The summed E-state index contributed by atoms with van der Waals surface area (Å²) < 4.78 is 11.2. The van der Waals surface area contributed by atoms with Crippen molar-refractivity contribution >= 4 is 17.3 Å². The van der Waals surface area contributed by atoms with Crippen LogP contribution in [-0.4, -0.2) is 23.3 Å². The van der Waals surface area contributed by atoms with E-state index in [1.54, 1.807) is 48.5 Å². The van der Waals surface area contributed by atoms with Crippen LogP contribution in [0.1, 0.15) is 31.8 Å². The maximum Gasteiger partial charge on any atom is 0.270 e. The van der Waals surface area contributed by atoms with E-state index in [1.165, 1.54) is 6.07 Å². The second-order valence-electron chi connectivity index (χ2n) is 6.08. The Morgan fingerprint density at radius 1 is 0.750 bits per heavy atom. The molecule has 1 heterocycles. The zero-order valence-corrected chi connectivity index (χ0v) is 14.5. The highest BCUT2D eigenvalue weighted by molar-refractivity contribution is 6.15. The Morgan fingerprint density at radius 3 is 1.68 bits per heavy atom. The van der Waals surface area contributed by atoms with Gasteiger partial charge in [0.15, 0.2) is 11.6 Å². The highest BCUT2D eigenvalue weighted by atomic mass is 16.7. The van der Waals surface area contributed by atoms with Crippen molar-refractivity contribution in [3.8, 4) is 11.5 Å². The number of non-ortho nitro benzene ring substituents is 1. The quantitative estimate of drug-likeness (QED) is 0.474. The van der Waals surface area contributed by atoms with Gasteiger partial charge in [-0.3, -0.25) is 19.7 Å². The normalized spacial score (nSPS) is 13.1. The molecule has 0 unspecified atom stereocenters. The first kappa shape index (κ1) is 17.4. The van der Waals surface area contributed by atoms with Gasteiger partial charge in [0.1, 0.15) is 11.5 Å². The molecule has 1 aliphatic rings. The van der Waals surface area contributed by atoms with Crippen molar-refractivity contribution in [1.82, 2.24) is 0 Å². The van der Waals surface area contributed by atoms with E-state index >= 15 is 0 Å². The fourth-order valence-corrected chi connectivity index (χ4v) is 3.01. The number of rotatable bonds is 1. The van der Waals surface area contributed by atoms with Crippen LogP contribution in [0.5, 0.6) is 11.5 Å². The van der Waals surface area contributed by atoms with Gasteiger partial charge in [0.25, 0.3) is 5.69 Å². The standard InChI is InChI=1S/C21H13NO6/c23-20-13-9-14(11-15(10-13)22(25)26)21(24)17-6-2-4-8-19(17)28-12-27-18-7-3-1-5-16(18)20/h1-11H,12H2. The summed E-state index contributed by atoms with van der Waals surface area (Å²) in [7, 11) is 0. The first-order valence-corrected chi connectivity index (χ1v) is 8.37. The van der Waals surface area contributed by atoms with Gasteiger partial charge in [0.05, 0.1) is 16.1 Å². The van der Waals surface area contributed by atoms with Gasteiger partial charge in [-0.05, 0) is 30.3 Å². The van der Waals surface area contributed by atoms with Crippen molar-refractivity contribution < 1.29 is 24.0 Å². The summed E-state index contributed by atoms with van der Waals surface area (Å²) >= 11 is 0. The van der Waals surface area contributed by atoms with Crippen molar-refractivity contribution in [2.75, 3.05) is 6.79 Å². The number of hydrogen-bond acceptors (Lipinski definition) is 6. The summed E-state index contributed by atoms with van der Waals surface area (Å²) in [6, 6.07) is 16.7. The fraction of sp³-hybridized carbons (Fsp3) is 0.0476. The van der Waals surface area contributed by atoms with Gasteiger partial charge in [0.2, 0.25) is 6.79 Å². The van der Waals surface area contributed by atoms with Gasteiger partial charge < -0.3 is 9.47 Å². The first-order chi connectivity index (χ1) is 13.5. The van der Waals surface area contributed by atoms with E-state index in [9.17, 15) is 19.7 Å². The average Bonchev–Trinajstić information content (AvgIpc) is 2.72. The minimum Gasteiger partial charge on any atom is -0.457 e. The van der Waals surface area contributed by atoms with Crippen LogP contribution in [0.3, 0.4) is 0 Å². The molecule has 0 fully saturated rings. The topological polar surface area (TPSA) is 95.7 Å². The molecule has 28 heavy (non-hydrogen) atoms. The molecule has 3 aromatic carbocycles. The summed E-state index contributed by atoms with van der Waals surface area (Å²) in [5.41, 5.74) is 0.168. The predicted molar refractivity (Wildman–Crippen MR) is 99.0 cm³/mol. The van der Waals surface area contributed by atoms with Gasteiger partial charge in [-0.2, -0.15) is 0 Å². The van der Waals surface area contributed by atoms with Gasteiger partial charge in [-0.25, -0.2) is 0 Å². The van der Waals surface area contributed by atoms with Gasteiger partial charge in [-0.1, -0.05) is 24.3 Å². The molecule has 0 saturated carbocycles. The van der Waals surface area contributed by atoms with Gasteiger partial charge in [0, 0.05) is 23.3 Å². The molecule has 0 saturated heterocycles. The third-order valence-corrected chi connectivity index (χ3v) is 4.35. The largest absolute Gasteiger partial charge is 0.457 e. The van der Waals surface area contributed by atoms with E-state index in [0.717, 1.165) is 12.1 Å². The molecule has 0 atom stereocenters. The number of fused-ring (bicyclic) bond motifs is 4. The Kier molecular flexibility index (Phi) is 4.33. The van der Waals surface area contributed by atoms with E-state index in [-0.39, 0.29) is 46.2 Å². The van der Waals surface area contributed by atoms with Crippen molar-refractivity contribution in [3.63, 3.8) is 0 Å². The molecule has 0 aliphatic carbocycles. The summed E-state index contributed by atoms with van der Waals surface area (Å²) in [5, 5.41) is 11.4. The number of carbonyl (C=O) groups excluding carboxylic acids is 2. The maximum atomic E-state index is 13.0. The Bertz CT molecular complexity index is 1040. The Hall–Kier alpha value is -4.00. The molecule has 0 aromatic heterocycles. The molecule has 3 aromatic rings. The first-order valence-electron chi connectivity index (χ1n) is 8.37. The predicted octanol–water partition coefficient (Wildman–Crippen LogP) is 3.79. The minimum atomic E-state index is -0.635. The second-order valence-corrected chi connectivity index (χ2v) is 6.08. The van der Waals surface area contributed by atoms with Crippen molar-refractivity contribution in [1.29, 1.82) is 0 Å². The molecule has 0 radical (unpaired) electrons. The number of benzene rings is 3. The van der Waals surface area contributed by atoms with Crippen LogP contribution in [0.25, 0.3) is 0 Å². The number of ketones is 2. The molecule has 0 spiro atoms. The highest BCUT2D eigenvalue weighted by Gasteiger charge is 2.24. The van der Waals surface area contributed by atoms with Crippen molar-refractivity contribution in [2.45, 2.75) is 0 Å². The van der Waals surface area contributed by atoms with E-state index in [0.29, 0.717) is 0 Å². The molecule has 7 nitrogen and oxygen atoms in total. The van der Waals surface area contributed by atoms with Gasteiger partial charge >= 0.3 is 0 Å². The number of nitrogens with zero attached hydrogens (tertiary/aromatic N) is 1. The van der Waals surface area contributed by atoms with Crippen LogP contribution in [0.2, 0.25) is 0 Å². The monoisotopic (exact) mass is 375 g/mol. The smallest absolute Gasteiger partial charge is 0.270 e. The van der Waals surface area contributed by atoms with Crippen LogP contribution in [0.15, 0.2) is 66.7 Å². The average molecular weight is 375 g/mol. The lowest BCUT2D eigenvalue weighted by atomic mass is 9.96. The highest BCUT2D eigenvalue weighted by Crippen LogP contribution is 2.29.